The van der Waals surface area contributed by atoms with E-state index in [9.17, 15) is 0 Å². The fourth-order valence-electron chi connectivity index (χ4n) is 9.30. The molecule has 0 aliphatic carbocycles. The number of rotatable bonds is 3. The molecule has 0 radical (unpaired) electrons. The van der Waals surface area contributed by atoms with Gasteiger partial charge in [0.05, 0.1) is 0 Å². The lowest BCUT2D eigenvalue weighted by molar-refractivity contribution is 0.673. The molecule has 0 spiro atoms. The standard InChI is InChI=1S/C54H32O/c1-2-11-33(12-3-1)37-26-28-45-48(31-37)41-15-6-8-17-43(41)53-46-29-27-38(32-49(46)42-16-7-9-18-44(42)52(45)53)34-21-23-36(24-22-34)39-19-10-20-50-51(39)47-30-25-35-13-4-5-14-40(35)54(47)55-50/h1-32H. The van der Waals surface area contributed by atoms with Gasteiger partial charge in [0.1, 0.15) is 11.2 Å². The maximum absolute atomic E-state index is 6.50. The molecule has 1 aromatic heterocycles. The minimum Gasteiger partial charge on any atom is -0.455 e. The van der Waals surface area contributed by atoms with E-state index in [0.29, 0.717) is 0 Å². The van der Waals surface area contributed by atoms with Gasteiger partial charge >= 0.3 is 0 Å². The normalized spacial score (nSPS) is 12.0. The zero-order valence-corrected chi connectivity index (χ0v) is 29.9. The first-order valence-corrected chi connectivity index (χ1v) is 19.0. The van der Waals surface area contributed by atoms with Gasteiger partial charge in [-0.15, -0.1) is 0 Å². The van der Waals surface area contributed by atoms with Crippen LogP contribution in [0.25, 0.3) is 120 Å². The van der Waals surface area contributed by atoms with E-state index < -0.39 is 0 Å². The van der Waals surface area contributed by atoms with Crippen molar-refractivity contribution in [2.24, 2.45) is 0 Å². The molecule has 0 unspecified atom stereocenters. The van der Waals surface area contributed by atoms with Crippen LogP contribution in [0.3, 0.4) is 0 Å². The van der Waals surface area contributed by atoms with E-state index in [1.54, 1.807) is 0 Å². The fraction of sp³-hybridized carbons (Fsp3) is 0. The first-order chi connectivity index (χ1) is 27.3. The molecule has 12 rings (SSSR count). The van der Waals surface area contributed by atoms with Crippen molar-refractivity contribution < 1.29 is 4.42 Å². The summed E-state index contributed by atoms with van der Waals surface area (Å²) in [4.78, 5) is 0. The molecule has 0 saturated heterocycles. The summed E-state index contributed by atoms with van der Waals surface area (Å²) >= 11 is 0. The van der Waals surface area contributed by atoms with Crippen LogP contribution >= 0.6 is 0 Å². The number of benzene rings is 11. The van der Waals surface area contributed by atoms with Crippen LogP contribution in [0.4, 0.5) is 0 Å². The molecule has 0 aliphatic rings. The number of furan rings is 1. The first-order valence-electron chi connectivity index (χ1n) is 19.0. The van der Waals surface area contributed by atoms with Crippen LogP contribution in [0, 0.1) is 0 Å². The van der Waals surface area contributed by atoms with Gasteiger partial charge in [-0.25, -0.2) is 0 Å². The molecule has 55 heavy (non-hydrogen) atoms. The molecule has 1 heteroatoms. The third-order valence-electron chi connectivity index (χ3n) is 11.8. The van der Waals surface area contributed by atoms with E-state index >= 15 is 0 Å². The van der Waals surface area contributed by atoms with Crippen LogP contribution in [-0.4, -0.2) is 0 Å². The Kier molecular flexibility index (Phi) is 6.40. The molecule has 12 aromatic rings. The monoisotopic (exact) mass is 696 g/mol. The van der Waals surface area contributed by atoms with E-state index in [1.807, 2.05) is 0 Å². The molecule has 0 amide bonds. The highest BCUT2D eigenvalue weighted by Gasteiger charge is 2.18. The van der Waals surface area contributed by atoms with Gasteiger partial charge in [0, 0.05) is 16.2 Å². The molecule has 0 N–H and O–H groups in total. The average Bonchev–Trinajstić information content (AvgIpc) is 3.66. The van der Waals surface area contributed by atoms with Crippen LogP contribution in [-0.2, 0) is 0 Å². The molecule has 0 atom stereocenters. The van der Waals surface area contributed by atoms with Gasteiger partial charge < -0.3 is 4.42 Å². The molecule has 0 fully saturated rings. The zero-order valence-electron chi connectivity index (χ0n) is 29.9. The molecular formula is C54H32O. The Bertz CT molecular complexity index is 3520. The van der Waals surface area contributed by atoms with Gasteiger partial charge in [-0.2, -0.15) is 0 Å². The summed E-state index contributed by atoms with van der Waals surface area (Å²) in [6, 6.07) is 71.0. The zero-order chi connectivity index (χ0) is 36.0. The highest BCUT2D eigenvalue weighted by molar-refractivity contribution is 6.39. The van der Waals surface area contributed by atoms with Crippen LogP contribution in [0.2, 0.25) is 0 Å². The number of hydrogen-bond acceptors (Lipinski definition) is 1. The maximum Gasteiger partial charge on any atom is 0.143 e. The Hall–Kier alpha value is -7.22. The van der Waals surface area contributed by atoms with E-state index in [2.05, 4.69) is 194 Å². The molecule has 1 nitrogen and oxygen atoms in total. The van der Waals surface area contributed by atoms with Crippen LogP contribution in [0.15, 0.2) is 199 Å². The van der Waals surface area contributed by atoms with Crippen molar-refractivity contribution in [3.8, 4) is 33.4 Å². The predicted molar refractivity (Wildman–Crippen MR) is 235 cm³/mol. The lowest BCUT2D eigenvalue weighted by Crippen LogP contribution is -1.90. The van der Waals surface area contributed by atoms with E-state index in [0.717, 1.165) is 27.3 Å². The quantitative estimate of drug-likeness (QED) is 0.168. The van der Waals surface area contributed by atoms with Crippen LogP contribution < -0.4 is 0 Å². The Labute approximate surface area is 317 Å². The van der Waals surface area contributed by atoms with Gasteiger partial charge in [0.15, 0.2) is 0 Å². The third kappa shape index (κ3) is 4.48. The van der Waals surface area contributed by atoms with Crippen LogP contribution in [0.1, 0.15) is 0 Å². The van der Waals surface area contributed by atoms with Crippen molar-refractivity contribution in [3.63, 3.8) is 0 Å². The smallest absolute Gasteiger partial charge is 0.143 e. The maximum atomic E-state index is 6.50. The third-order valence-corrected chi connectivity index (χ3v) is 11.8. The molecule has 254 valence electrons. The van der Waals surface area contributed by atoms with E-state index in [1.165, 1.54) is 92.6 Å². The summed E-state index contributed by atoms with van der Waals surface area (Å²) in [5.41, 5.74) is 9.10. The van der Waals surface area contributed by atoms with Gasteiger partial charge in [0.25, 0.3) is 0 Å². The molecule has 0 aliphatic heterocycles. The Morgan fingerprint density at radius 1 is 0.255 bits per heavy atom. The minimum atomic E-state index is 0.915. The van der Waals surface area contributed by atoms with Crippen molar-refractivity contribution in [2.75, 3.05) is 0 Å². The Morgan fingerprint density at radius 3 is 1.40 bits per heavy atom. The average molecular weight is 697 g/mol. The number of fused-ring (bicyclic) bond motifs is 16. The summed E-state index contributed by atoms with van der Waals surface area (Å²) in [5.74, 6) is 0. The Morgan fingerprint density at radius 2 is 0.745 bits per heavy atom. The SMILES string of the molecule is c1ccc(-c2ccc3c(c2)c2ccccc2c2c4ccc(-c5ccc(-c6cccc7oc8c9ccccc9ccc8c67)cc5)cc4c4ccccc4c32)cc1. The lowest BCUT2D eigenvalue weighted by Gasteiger charge is -2.18. The molecule has 11 aromatic carbocycles. The van der Waals surface area contributed by atoms with E-state index in [4.69, 9.17) is 4.42 Å². The first kappa shape index (κ1) is 30.3. The highest BCUT2D eigenvalue weighted by atomic mass is 16.3. The second-order valence-electron chi connectivity index (χ2n) is 14.7. The fourth-order valence-corrected chi connectivity index (χ4v) is 9.30. The molecule has 1 heterocycles. The molecular weight excluding hydrogens is 665 g/mol. The van der Waals surface area contributed by atoms with Gasteiger partial charge in [0.2, 0.25) is 0 Å². The van der Waals surface area contributed by atoms with Gasteiger partial charge in [-0.1, -0.05) is 170 Å². The summed E-state index contributed by atoms with van der Waals surface area (Å²) in [5, 5.41) is 17.6. The van der Waals surface area contributed by atoms with Crippen molar-refractivity contribution in [1.29, 1.82) is 0 Å². The molecule has 0 saturated carbocycles. The van der Waals surface area contributed by atoms with Crippen molar-refractivity contribution in [1.82, 2.24) is 0 Å². The predicted octanol–water partition coefficient (Wildman–Crippen LogP) is 15.5. The summed E-state index contributed by atoms with van der Waals surface area (Å²) in [6.07, 6.45) is 0. The number of hydrogen-bond donors (Lipinski definition) is 0. The van der Waals surface area contributed by atoms with Crippen LogP contribution in [0.5, 0.6) is 0 Å². The highest BCUT2D eigenvalue weighted by Crippen LogP contribution is 2.46. The minimum absolute atomic E-state index is 0.915. The second kappa shape index (κ2) is 11.6. The van der Waals surface area contributed by atoms with E-state index in [-0.39, 0.29) is 0 Å². The molecule has 0 bridgehead atoms. The Balaban J connectivity index is 1.04. The largest absolute Gasteiger partial charge is 0.455 e. The van der Waals surface area contributed by atoms with Crippen molar-refractivity contribution in [3.05, 3.63) is 194 Å². The van der Waals surface area contributed by atoms with Gasteiger partial charge in [-0.3, -0.25) is 0 Å². The second-order valence-corrected chi connectivity index (χ2v) is 14.7. The topological polar surface area (TPSA) is 13.1 Å². The summed E-state index contributed by atoms with van der Waals surface area (Å²) in [7, 11) is 0. The summed E-state index contributed by atoms with van der Waals surface area (Å²) < 4.78 is 6.50. The lowest BCUT2D eigenvalue weighted by atomic mass is 9.85. The summed E-state index contributed by atoms with van der Waals surface area (Å²) in [6.45, 7) is 0. The van der Waals surface area contributed by atoms with Crippen molar-refractivity contribution in [2.45, 2.75) is 0 Å². The van der Waals surface area contributed by atoms with Crippen molar-refractivity contribution >= 4 is 86.6 Å². The van der Waals surface area contributed by atoms with Gasteiger partial charge in [-0.05, 0) is 117 Å².